The van der Waals surface area contributed by atoms with Crippen LogP contribution in [0.15, 0.2) is 146 Å². The van der Waals surface area contributed by atoms with Crippen molar-refractivity contribution in [3.8, 4) is 0 Å². The molecule has 0 bridgehead atoms. The van der Waals surface area contributed by atoms with Gasteiger partial charge in [-0.1, -0.05) is 0 Å². The van der Waals surface area contributed by atoms with Crippen molar-refractivity contribution in [3.05, 3.63) is 179 Å². The Hall–Kier alpha value is -2.78. The summed E-state index contributed by atoms with van der Waals surface area (Å²) < 4.78 is 9.07. The Morgan fingerprint density at radius 2 is 0.370 bits per heavy atom. The zero-order chi connectivity index (χ0) is 31.1. The fraction of sp³-hybridized carbons (Fsp3) is 0.143. The van der Waals surface area contributed by atoms with E-state index in [2.05, 4.69) is 187 Å². The maximum absolute atomic E-state index is 2.31. The van der Waals surface area contributed by atoms with Crippen LogP contribution in [0.5, 0.6) is 0 Å². The molecule has 0 aliphatic rings. The minimum atomic E-state index is -1.15. The van der Waals surface area contributed by atoms with Gasteiger partial charge in [0.05, 0.1) is 0 Å². The first kappa shape index (κ1) is 37.7. The normalized spacial score (nSPS) is 10.8. The second-order valence-corrected chi connectivity index (χ2v) is 18.1. The number of halogens is 2. The average molecular weight is 831 g/mol. The molecule has 244 valence electrons. The van der Waals surface area contributed by atoms with Gasteiger partial charge in [0, 0.05) is 0 Å². The molecule has 0 saturated carbocycles. The van der Waals surface area contributed by atoms with Crippen LogP contribution in [0.1, 0.15) is 33.4 Å². The van der Waals surface area contributed by atoms with E-state index in [0.717, 1.165) is 0 Å². The Balaban J connectivity index is 0.000000240. The van der Waals surface area contributed by atoms with E-state index in [9.17, 15) is 0 Å². The van der Waals surface area contributed by atoms with E-state index in [1.54, 1.807) is 0 Å². The molecule has 6 rings (SSSR count). The molecule has 0 saturated heterocycles. The van der Waals surface area contributed by atoms with E-state index in [1.807, 2.05) is 0 Å². The summed E-state index contributed by atoms with van der Waals surface area (Å²) in [5, 5.41) is 0. The quantitative estimate of drug-likeness (QED) is 0.221. The third-order valence-corrected chi connectivity index (χ3v) is 17.5. The molecule has 0 N–H and O–H groups in total. The first-order valence-corrected chi connectivity index (χ1v) is 19.6. The molecular formula is C42H42Cl2Pd2. The summed E-state index contributed by atoms with van der Waals surface area (Å²) in [7, 11) is 0. The molecule has 0 nitrogen and oxygen atoms in total. The molecule has 6 aromatic rings. The van der Waals surface area contributed by atoms with Crippen LogP contribution in [0, 0.1) is 41.5 Å². The summed E-state index contributed by atoms with van der Waals surface area (Å²) in [5.74, 6) is 0. The summed E-state index contributed by atoms with van der Waals surface area (Å²) >= 11 is -2.30. The fourth-order valence-electron chi connectivity index (χ4n) is 4.85. The second kappa shape index (κ2) is 18.0. The molecule has 0 heterocycles. The van der Waals surface area contributed by atoms with Crippen molar-refractivity contribution in [2.45, 2.75) is 41.5 Å². The Morgan fingerprint density at radius 1 is 0.239 bits per heavy atom. The van der Waals surface area contributed by atoms with Crippen LogP contribution in [0.2, 0.25) is 0 Å². The molecule has 0 radical (unpaired) electrons. The minimum absolute atomic E-state index is 0. The monoisotopic (exact) mass is 828 g/mol. The van der Waals surface area contributed by atoms with Crippen molar-refractivity contribution in [1.82, 2.24) is 0 Å². The van der Waals surface area contributed by atoms with Crippen molar-refractivity contribution in [1.29, 1.82) is 0 Å². The largest absolute Gasteiger partial charge is 1.00 e. The van der Waals surface area contributed by atoms with Crippen LogP contribution in [0.3, 0.4) is 0 Å². The number of aryl methyl sites for hydroxylation is 6. The molecule has 4 heteroatoms. The Bertz CT molecular complexity index is 1510. The third-order valence-electron chi connectivity index (χ3n) is 7.27. The smallest absolute Gasteiger partial charge is 1.00 e. The molecule has 46 heavy (non-hydrogen) atoms. The van der Waals surface area contributed by atoms with Crippen LogP contribution in [-0.2, 0) is 33.5 Å². The predicted molar refractivity (Wildman–Crippen MR) is 185 cm³/mol. The van der Waals surface area contributed by atoms with Crippen LogP contribution in [0.25, 0.3) is 0 Å². The molecule has 0 atom stereocenters. The van der Waals surface area contributed by atoms with Crippen LogP contribution < -0.4 is 49.0 Å². The summed E-state index contributed by atoms with van der Waals surface area (Å²) in [6.07, 6.45) is 0. The molecule has 0 aliphatic heterocycles. The number of rotatable bonds is 6. The molecule has 6 aromatic carbocycles. The SMILES string of the molecule is Cc1cccc[c]1[Pd+]([c]1ccccc1C)[c]1ccccc1C.Cc1cccc[c]1[Pd+]([c]1ccccc1C)[c]1ccccc1C.[Cl-].[Cl-]. The Labute approximate surface area is 300 Å². The molecule has 0 spiro atoms. The average Bonchev–Trinajstić information content (AvgIpc) is 3.03. The molecule has 0 fully saturated rings. The zero-order valence-corrected chi connectivity index (χ0v) is 31.9. The second-order valence-electron chi connectivity index (χ2n) is 10.8. The van der Waals surface area contributed by atoms with E-state index in [1.165, 1.54) is 57.6 Å². The predicted octanol–water partition coefficient (Wildman–Crippen LogP) is 1.02. The summed E-state index contributed by atoms with van der Waals surface area (Å²) in [6, 6.07) is 53.2. The van der Waals surface area contributed by atoms with Crippen LogP contribution in [0.4, 0.5) is 0 Å². The maximum atomic E-state index is 2.31. The first-order valence-electron chi connectivity index (χ1n) is 14.9. The van der Waals surface area contributed by atoms with Gasteiger partial charge in [-0.3, -0.25) is 0 Å². The fourth-order valence-corrected chi connectivity index (χ4v) is 14.5. The van der Waals surface area contributed by atoms with Gasteiger partial charge in [-0.25, -0.2) is 0 Å². The number of hydrogen-bond acceptors (Lipinski definition) is 0. The maximum Gasteiger partial charge on any atom is -1.00 e. The van der Waals surface area contributed by atoms with Crippen molar-refractivity contribution in [2.75, 3.05) is 0 Å². The number of hydrogen-bond donors (Lipinski definition) is 0. The van der Waals surface area contributed by atoms with Gasteiger partial charge in [0.15, 0.2) is 0 Å². The van der Waals surface area contributed by atoms with Crippen LogP contribution >= 0.6 is 0 Å². The zero-order valence-electron chi connectivity index (χ0n) is 27.2. The molecule has 0 aliphatic carbocycles. The van der Waals surface area contributed by atoms with E-state index in [0.29, 0.717) is 0 Å². The number of benzene rings is 6. The van der Waals surface area contributed by atoms with Gasteiger partial charge in [0.25, 0.3) is 0 Å². The van der Waals surface area contributed by atoms with Gasteiger partial charge in [-0.15, -0.1) is 0 Å². The summed E-state index contributed by atoms with van der Waals surface area (Å²) in [4.78, 5) is 0. The van der Waals surface area contributed by atoms with Crippen molar-refractivity contribution < 1.29 is 58.3 Å². The van der Waals surface area contributed by atoms with Crippen LogP contribution in [-0.4, -0.2) is 0 Å². The van der Waals surface area contributed by atoms with Gasteiger partial charge >= 0.3 is 278 Å². The van der Waals surface area contributed by atoms with E-state index >= 15 is 0 Å². The first-order chi connectivity index (χ1) is 21.4. The van der Waals surface area contributed by atoms with E-state index in [-0.39, 0.29) is 24.8 Å². The Kier molecular flexibility index (Phi) is 14.7. The van der Waals surface area contributed by atoms with Gasteiger partial charge in [0.2, 0.25) is 0 Å². The van der Waals surface area contributed by atoms with Crippen molar-refractivity contribution >= 4 is 24.2 Å². The molecule has 0 unspecified atom stereocenters. The third kappa shape index (κ3) is 8.77. The topological polar surface area (TPSA) is 0 Å². The van der Waals surface area contributed by atoms with Crippen molar-refractivity contribution in [3.63, 3.8) is 0 Å². The molecule has 0 amide bonds. The standard InChI is InChI=1S/6C7H7.2ClH.2Pd/c6*1-7-5-3-2-4-6-7;;;;/h6*2-5H,1H3;2*1H;;/q;;;;;;;;2*+1/p-2. The van der Waals surface area contributed by atoms with Crippen molar-refractivity contribution in [2.24, 2.45) is 0 Å². The Morgan fingerprint density at radius 3 is 0.500 bits per heavy atom. The molecule has 0 aromatic heterocycles. The van der Waals surface area contributed by atoms with Gasteiger partial charge in [0.1, 0.15) is 0 Å². The van der Waals surface area contributed by atoms with Gasteiger partial charge < -0.3 is 24.8 Å². The summed E-state index contributed by atoms with van der Waals surface area (Å²) in [5.41, 5.74) is 8.39. The minimum Gasteiger partial charge on any atom is -1.00 e. The van der Waals surface area contributed by atoms with E-state index < -0.39 is 33.5 Å². The molecular weight excluding hydrogens is 788 g/mol. The van der Waals surface area contributed by atoms with Gasteiger partial charge in [-0.2, -0.15) is 0 Å². The van der Waals surface area contributed by atoms with E-state index in [4.69, 9.17) is 0 Å². The summed E-state index contributed by atoms with van der Waals surface area (Å²) in [6.45, 7) is 13.4. The van der Waals surface area contributed by atoms with Gasteiger partial charge in [-0.05, 0) is 0 Å².